The van der Waals surface area contributed by atoms with Gasteiger partial charge in [0, 0.05) is 29.4 Å². The van der Waals surface area contributed by atoms with Crippen molar-refractivity contribution in [3.8, 4) is 0 Å². The lowest BCUT2D eigenvalue weighted by Crippen LogP contribution is -2.30. The highest BCUT2D eigenvalue weighted by Crippen LogP contribution is 2.41. The van der Waals surface area contributed by atoms with Gasteiger partial charge in [-0.3, -0.25) is 0 Å². The van der Waals surface area contributed by atoms with Crippen LogP contribution in [0.3, 0.4) is 0 Å². The number of anilines is 2. The van der Waals surface area contributed by atoms with E-state index in [2.05, 4.69) is 42.8 Å². The maximum atomic E-state index is 11.5. The Kier molecular flexibility index (Phi) is 3.20. The molecule has 3 N–H and O–H groups in total. The smallest absolute Gasteiger partial charge is 0.319 e. The zero-order valence-electron chi connectivity index (χ0n) is 11.4. The van der Waals surface area contributed by atoms with Gasteiger partial charge in [0.05, 0.1) is 0 Å². The lowest BCUT2D eigenvalue weighted by atomic mass is 9.81. The topological polar surface area (TPSA) is 53.2 Å². The number of fused-ring (bicyclic) bond motifs is 1. The summed E-state index contributed by atoms with van der Waals surface area (Å²) in [4.78, 5) is 11.5. The van der Waals surface area contributed by atoms with Gasteiger partial charge in [0.25, 0.3) is 0 Å². The summed E-state index contributed by atoms with van der Waals surface area (Å²) >= 11 is 0. The molecule has 2 amide bonds. The molecule has 4 nitrogen and oxygen atoms in total. The number of amides is 2. The number of rotatable bonds is 2. The van der Waals surface area contributed by atoms with E-state index in [0.717, 1.165) is 11.4 Å². The zero-order valence-corrected chi connectivity index (χ0v) is 11.4. The van der Waals surface area contributed by atoms with Gasteiger partial charge >= 0.3 is 6.03 Å². The molecule has 2 rings (SSSR count). The highest BCUT2D eigenvalue weighted by molar-refractivity contribution is 5.89. The first kappa shape index (κ1) is 12.7. The average molecular weight is 247 g/mol. The minimum Gasteiger partial charge on any atom is -0.381 e. The van der Waals surface area contributed by atoms with Crippen LogP contribution in [0, 0.1) is 0 Å². The largest absolute Gasteiger partial charge is 0.381 e. The van der Waals surface area contributed by atoms with E-state index in [1.807, 2.05) is 19.1 Å². The van der Waals surface area contributed by atoms with Gasteiger partial charge in [-0.1, -0.05) is 13.8 Å². The summed E-state index contributed by atoms with van der Waals surface area (Å²) in [7, 11) is 0. The van der Waals surface area contributed by atoms with Gasteiger partial charge in [-0.25, -0.2) is 4.79 Å². The summed E-state index contributed by atoms with van der Waals surface area (Å²) in [6, 6.07) is 6.25. The van der Waals surface area contributed by atoms with E-state index in [9.17, 15) is 4.79 Å². The molecule has 1 atom stereocenters. The molecule has 0 spiro atoms. The summed E-state index contributed by atoms with van der Waals surface area (Å²) < 4.78 is 0. The summed E-state index contributed by atoms with van der Waals surface area (Å²) in [5.41, 5.74) is 3.33. The van der Waals surface area contributed by atoms with Crippen LogP contribution in [-0.4, -0.2) is 18.6 Å². The van der Waals surface area contributed by atoms with E-state index in [0.29, 0.717) is 12.6 Å². The summed E-state index contributed by atoms with van der Waals surface area (Å²) in [5, 5.41) is 9.04. The fourth-order valence-corrected chi connectivity index (χ4v) is 2.26. The summed E-state index contributed by atoms with van der Waals surface area (Å²) in [6.07, 6.45) is 0. The average Bonchev–Trinajstić information content (AvgIpc) is 2.51. The molecule has 0 aromatic heterocycles. The summed E-state index contributed by atoms with van der Waals surface area (Å²) in [6.45, 7) is 9.13. The molecule has 0 aliphatic carbocycles. The molecule has 1 aromatic carbocycles. The van der Waals surface area contributed by atoms with Crippen LogP contribution in [0.1, 0.15) is 33.3 Å². The fourth-order valence-electron chi connectivity index (χ4n) is 2.26. The van der Waals surface area contributed by atoms with Gasteiger partial charge in [0.1, 0.15) is 0 Å². The van der Waals surface area contributed by atoms with Crippen LogP contribution in [0.4, 0.5) is 16.2 Å². The molecule has 1 aliphatic heterocycles. The highest BCUT2D eigenvalue weighted by atomic mass is 16.2. The van der Waals surface area contributed by atoms with Crippen LogP contribution in [-0.2, 0) is 5.41 Å². The first-order valence-electron chi connectivity index (χ1n) is 6.41. The van der Waals surface area contributed by atoms with Crippen LogP contribution >= 0.6 is 0 Å². The van der Waals surface area contributed by atoms with Gasteiger partial charge < -0.3 is 16.0 Å². The number of hydrogen-bond donors (Lipinski definition) is 3. The van der Waals surface area contributed by atoms with Crippen LogP contribution in [0.25, 0.3) is 0 Å². The second-order valence-electron chi connectivity index (χ2n) is 5.33. The Morgan fingerprint density at radius 1 is 1.44 bits per heavy atom. The van der Waals surface area contributed by atoms with Gasteiger partial charge in [0.2, 0.25) is 0 Å². The van der Waals surface area contributed by atoms with Crippen molar-refractivity contribution in [2.45, 2.75) is 39.2 Å². The molecule has 18 heavy (non-hydrogen) atoms. The Balaban J connectivity index is 2.23. The number of benzene rings is 1. The van der Waals surface area contributed by atoms with Gasteiger partial charge in [-0.15, -0.1) is 0 Å². The van der Waals surface area contributed by atoms with Gasteiger partial charge in [-0.2, -0.15) is 0 Å². The van der Waals surface area contributed by atoms with E-state index in [4.69, 9.17) is 0 Å². The number of urea groups is 1. The van der Waals surface area contributed by atoms with E-state index in [-0.39, 0.29) is 11.4 Å². The molecule has 0 fully saturated rings. The van der Waals surface area contributed by atoms with Crippen LogP contribution < -0.4 is 16.0 Å². The molecular weight excluding hydrogens is 226 g/mol. The lowest BCUT2D eigenvalue weighted by molar-refractivity contribution is 0.252. The van der Waals surface area contributed by atoms with Crippen molar-refractivity contribution in [2.75, 3.05) is 17.2 Å². The van der Waals surface area contributed by atoms with Crippen LogP contribution in [0.5, 0.6) is 0 Å². The van der Waals surface area contributed by atoms with E-state index >= 15 is 0 Å². The Morgan fingerprint density at radius 2 is 2.17 bits per heavy atom. The maximum Gasteiger partial charge on any atom is 0.319 e. The van der Waals surface area contributed by atoms with Crippen molar-refractivity contribution in [1.82, 2.24) is 5.32 Å². The quantitative estimate of drug-likeness (QED) is 0.752. The number of nitrogens with one attached hydrogen (secondary N) is 3. The minimum absolute atomic E-state index is 0.0776. The standard InChI is InChI=1S/C14H21N3O/c1-5-15-13(18)17-10-6-7-12-11(8-10)14(3,4)9(2)16-12/h6-9,16H,5H2,1-4H3,(H2,15,17,18). The van der Waals surface area contributed by atoms with Crippen molar-refractivity contribution >= 4 is 17.4 Å². The SMILES string of the molecule is CCNC(=O)Nc1ccc2c(c1)C(C)(C)C(C)N2. The van der Waals surface area contributed by atoms with Crippen molar-refractivity contribution in [3.63, 3.8) is 0 Å². The molecule has 1 unspecified atom stereocenters. The van der Waals surface area contributed by atoms with Crippen LogP contribution in [0.2, 0.25) is 0 Å². The molecule has 4 heteroatoms. The molecule has 0 radical (unpaired) electrons. The Hall–Kier alpha value is -1.71. The molecule has 0 saturated heterocycles. The number of hydrogen-bond acceptors (Lipinski definition) is 2. The third-order valence-electron chi connectivity index (χ3n) is 3.76. The minimum atomic E-state index is -0.158. The monoisotopic (exact) mass is 247 g/mol. The van der Waals surface area contributed by atoms with Crippen LogP contribution in [0.15, 0.2) is 18.2 Å². The lowest BCUT2D eigenvalue weighted by Gasteiger charge is -2.24. The van der Waals surface area contributed by atoms with Crippen molar-refractivity contribution in [3.05, 3.63) is 23.8 Å². The molecule has 0 bridgehead atoms. The first-order chi connectivity index (χ1) is 8.45. The molecule has 98 valence electrons. The zero-order chi connectivity index (χ0) is 13.3. The van der Waals surface area contributed by atoms with Gasteiger partial charge in [0.15, 0.2) is 0 Å². The third kappa shape index (κ3) is 2.15. The number of carbonyl (C=O) groups excluding carboxylic acids is 1. The molecule has 0 saturated carbocycles. The first-order valence-corrected chi connectivity index (χ1v) is 6.41. The fraction of sp³-hybridized carbons (Fsp3) is 0.500. The van der Waals surface area contributed by atoms with E-state index < -0.39 is 0 Å². The predicted molar refractivity (Wildman–Crippen MR) is 75.2 cm³/mol. The Labute approximate surface area is 108 Å². The third-order valence-corrected chi connectivity index (χ3v) is 3.76. The van der Waals surface area contributed by atoms with E-state index in [1.54, 1.807) is 0 Å². The predicted octanol–water partition coefficient (Wildman–Crippen LogP) is 2.92. The molecule has 1 heterocycles. The normalized spacial score (nSPS) is 19.9. The highest BCUT2D eigenvalue weighted by Gasteiger charge is 2.36. The molecule has 1 aliphatic rings. The van der Waals surface area contributed by atoms with E-state index in [1.165, 1.54) is 5.56 Å². The van der Waals surface area contributed by atoms with Crippen molar-refractivity contribution in [2.24, 2.45) is 0 Å². The molecular formula is C14H21N3O. The second-order valence-corrected chi connectivity index (χ2v) is 5.33. The summed E-state index contributed by atoms with van der Waals surface area (Å²) in [5.74, 6) is 0. The Bertz CT molecular complexity index is 468. The number of carbonyl (C=O) groups is 1. The molecule has 1 aromatic rings. The van der Waals surface area contributed by atoms with Gasteiger partial charge in [-0.05, 0) is 37.6 Å². The van der Waals surface area contributed by atoms with Crippen molar-refractivity contribution < 1.29 is 4.79 Å². The Morgan fingerprint density at radius 3 is 2.83 bits per heavy atom. The maximum absolute atomic E-state index is 11.5. The van der Waals surface area contributed by atoms with Crippen molar-refractivity contribution in [1.29, 1.82) is 0 Å². The second kappa shape index (κ2) is 4.52.